The molecule has 18 atom stereocenters. The number of rotatable bonds is 20. The van der Waals surface area contributed by atoms with Crippen LogP contribution in [-0.2, 0) is 33.4 Å². The molecule has 0 spiro atoms. The molecule has 772 valence electrons. The van der Waals surface area contributed by atoms with Crippen molar-refractivity contribution in [2.75, 3.05) is 128 Å². The van der Waals surface area contributed by atoms with E-state index in [1.807, 2.05) is 33.2 Å². The fourth-order valence-electron chi connectivity index (χ4n) is 28.2. The van der Waals surface area contributed by atoms with Crippen LogP contribution in [0, 0.1) is 116 Å². The number of carbonyl (C=O) groups is 7. The molecule has 3 saturated heterocycles. The average Bonchev–Trinajstić information content (AvgIpc) is 1.52. The lowest BCUT2D eigenvalue weighted by Gasteiger charge is -2.62. The number of ketones is 4. The number of aromatic nitrogens is 3. The number of pyridine rings is 3. The summed E-state index contributed by atoms with van der Waals surface area (Å²) in [5, 5.41) is 73.0. The van der Waals surface area contributed by atoms with Gasteiger partial charge < -0.3 is 103 Å². The van der Waals surface area contributed by atoms with Crippen molar-refractivity contribution in [3.05, 3.63) is 146 Å². The number of methoxy groups -OCH3 is 3. The summed E-state index contributed by atoms with van der Waals surface area (Å²) in [5.41, 5.74) is -13.6. The number of halogens is 5. The molecule has 6 aromatic rings. The summed E-state index contributed by atoms with van der Waals surface area (Å²) in [5.74, 6) is -11.3. The molecule has 14 aliphatic rings. The van der Waals surface area contributed by atoms with Gasteiger partial charge in [0.25, 0.3) is 0 Å². The van der Waals surface area contributed by atoms with Gasteiger partial charge in [0, 0.05) is 163 Å². The summed E-state index contributed by atoms with van der Waals surface area (Å²) < 4.78 is 126. The third kappa shape index (κ3) is 15.2. The fraction of sp³-hybridized carbons (Fsp3) is 0.607. The number of alkyl halides is 2. The molecular formula is C107H132F5N9O22. The Bertz CT molecular complexity index is 6710. The van der Waals surface area contributed by atoms with Crippen molar-refractivity contribution >= 4 is 90.8 Å². The van der Waals surface area contributed by atoms with Gasteiger partial charge in [0.1, 0.15) is 58.2 Å². The number of carboxylic acid groups (broad SMARTS) is 1. The highest BCUT2D eigenvalue weighted by atomic mass is 19.2. The minimum Gasteiger partial charge on any atom is -0.492 e. The van der Waals surface area contributed by atoms with Gasteiger partial charge in [-0.15, -0.1) is 0 Å². The predicted octanol–water partition coefficient (Wildman–Crippen LogP) is 11.4. The van der Waals surface area contributed by atoms with Crippen molar-refractivity contribution in [2.24, 2.45) is 57.2 Å². The number of allylic oxidation sites excluding steroid dienone is 8. The highest BCUT2D eigenvalue weighted by Gasteiger charge is 2.78. The maximum atomic E-state index is 18.2. The summed E-state index contributed by atoms with van der Waals surface area (Å²) in [6, 6.07) is -0.373. The van der Waals surface area contributed by atoms with Crippen LogP contribution in [0.25, 0.3) is 32.7 Å². The average molecular weight is 1990 g/mol. The third-order valence-corrected chi connectivity index (χ3v) is 36.3. The van der Waals surface area contributed by atoms with E-state index in [0.29, 0.717) is 144 Å². The number of aliphatic hydroxyl groups is 5. The van der Waals surface area contributed by atoms with Crippen LogP contribution in [0.15, 0.2) is 62.0 Å². The third-order valence-electron chi connectivity index (χ3n) is 36.3. The van der Waals surface area contributed by atoms with Crippen molar-refractivity contribution in [3.8, 4) is 17.2 Å². The topological polar surface area (TPSA) is 399 Å². The molecule has 12 fully saturated rings. The molecule has 3 aromatic carbocycles. The van der Waals surface area contributed by atoms with E-state index in [4.69, 9.17) is 28.4 Å². The first kappa shape index (κ1) is 102. The monoisotopic (exact) mass is 1990 g/mol. The van der Waals surface area contributed by atoms with Gasteiger partial charge >= 0.3 is 24.4 Å². The Balaban J connectivity index is 0.000000193. The van der Waals surface area contributed by atoms with Crippen molar-refractivity contribution in [1.29, 1.82) is 0 Å². The SMILES string of the molecule is COc1c(N2CCNCC2)c(F)c(C)c2c(=O)c(C(=O)O)c(C)n(C3CC3)c12.COc1c(N2CCNCC2)c(F)c(C)c2c(=O)c(C(=O)OC(OCC(=O)[C@@]3(O)[C@H](C)C[C@H]4[C@@H]5CCC6=CC(=O)C=C[C@]6(C)[C@@]5(F)[C@@H](O)C[C@@]43C)OC(=O)c3c(C)n(C4CC4)c4c(OC)c(N5CCN(C)C(C)C5)c(F)c(C)c4c3=O)c(C)n(C3CC3)c12.C[C@@H]1C[C@H]2[C@@H]3CCC4=CC(=O)C=C[C@]4(C)[C@@]3(F)[C@@H](O)C[C@]2(C)[C@@]1(O)C(=O)CO. The van der Waals surface area contributed by atoms with Crippen LogP contribution >= 0.6 is 0 Å². The maximum absolute atomic E-state index is 18.2. The van der Waals surface area contributed by atoms with Crippen LogP contribution in [0.2, 0.25) is 0 Å². The highest BCUT2D eigenvalue weighted by molar-refractivity contribution is 6.05. The summed E-state index contributed by atoms with van der Waals surface area (Å²) in [6.45, 7) is 23.2. The second-order valence-electron chi connectivity index (χ2n) is 43.6. The number of nitrogens with zero attached hydrogens (tertiary/aromatic N) is 7. The van der Waals surface area contributed by atoms with Gasteiger partial charge in [0.05, 0.1) is 66.2 Å². The van der Waals surface area contributed by atoms with Crippen molar-refractivity contribution in [1.82, 2.24) is 29.2 Å². The maximum Gasteiger partial charge on any atom is 0.365 e. The number of carbonyl (C=O) groups excluding carboxylic acids is 6. The number of aliphatic hydroxyl groups excluding tert-OH is 3. The molecule has 0 radical (unpaired) electrons. The summed E-state index contributed by atoms with van der Waals surface area (Å²) in [4.78, 5) is 145. The van der Waals surface area contributed by atoms with E-state index in [1.165, 1.54) is 79.4 Å². The molecule has 11 aliphatic carbocycles. The number of carboxylic acids is 1. The minimum absolute atomic E-state index is 0.0515. The lowest BCUT2D eigenvalue weighted by atomic mass is 9.44. The molecule has 3 aromatic heterocycles. The van der Waals surface area contributed by atoms with Crippen LogP contribution in [0.4, 0.5) is 39.0 Å². The Labute approximate surface area is 824 Å². The van der Waals surface area contributed by atoms with Gasteiger partial charge in [0.15, 0.2) is 69.2 Å². The number of aromatic carboxylic acids is 1. The van der Waals surface area contributed by atoms with E-state index in [0.717, 1.165) is 25.9 Å². The number of esters is 2. The number of nitrogens with one attached hydrogen (secondary N) is 2. The first-order chi connectivity index (χ1) is 67.5. The Morgan fingerprint density at radius 2 is 0.846 bits per heavy atom. The quantitative estimate of drug-likeness (QED) is 0.0200. The van der Waals surface area contributed by atoms with Gasteiger partial charge in [-0.3, -0.25) is 33.6 Å². The zero-order chi connectivity index (χ0) is 103. The zero-order valence-electron chi connectivity index (χ0n) is 84.3. The molecule has 9 saturated carbocycles. The number of piperazine rings is 3. The van der Waals surface area contributed by atoms with Crippen LogP contribution in [-0.4, -0.2) is 251 Å². The minimum atomic E-state index is -2.54. The molecule has 0 bridgehead atoms. The molecule has 143 heavy (non-hydrogen) atoms. The Morgan fingerprint density at radius 3 is 1.19 bits per heavy atom. The van der Waals surface area contributed by atoms with Crippen LogP contribution in [0.5, 0.6) is 17.2 Å². The smallest absolute Gasteiger partial charge is 0.365 e. The number of hydrogen-bond acceptors (Lipinski definition) is 27. The number of benzene rings is 3. The lowest BCUT2D eigenvalue weighted by molar-refractivity contribution is -0.241. The van der Waals surface area contributed by atoms with E-state index in [9.17, 15) is 54.6 Å². The van der Waals surface area contributed by atoms with E-state index in [1.54, 1.807) is 70.6 Å². The molecule has 8 N–H and O–H groups in total. The molecule has 6 heterocycles. The number of aryl methyl sites for hydroxylation is 3. The van der Waals surface area contributed by atoms with Gasteiger partial charge in [0.2, 0.25) is 16.3 Å². The zero-order valence-corrected chi connectivity index (χ0v) is 84.3. The number of ether oxygens (including phenoxy) is 6. The molecule has 31 nitrogen and oxygen atoms in total. The van der Waals surface area contributed by atoms with Crippen LogP contribution in [0.1, 0.15) is 221 Å². The number of likely N-dealkylation sites (N-methyl/N-ethyl adjacent to an activating group) is 1. The molecule has 0 amide bonds. The Hall–Kier alpha value is -10.6. The summed E-state index contributed by atoms with van der Waals surface area (Å²) >= 11 is 0. The second-order valence-corrected chi connectivity index (χ2v) is 43.6. The first-order valence-corrected chi connectivity index (χ1v) is 50.3. The largest absolute Gasteiger partial charge is 0.492 e. The lowest BCUT2D eigenvalue weighted by Crippen LogP contribution is -2.69. The normalized spacial score (nSPS) is 32.0. The summed E-state index contributed by atoms with van der Waals surface area (Å²) in [6.07, 6.45) is 11.6. The number of anilines is 3. The fourth-order valence-corrected chi connectivity index (χ4v) is 28.2. The Kier molecular flexibility index (Phi) is 26.4. The van der Waals surface area contributed by atoms with E-state index < -0.39 is 180 Å². The molecule has 2 unspecified atom stereocenters. The first-order valence-electron chi connectivity index (χ1n) is 50.3. The van der Waals surface area contributed by atoms with Gasteiger partial charge in [-0.2, -0.15) is 0 Å². The Morgan fingerprint density at radius 1 is 0.497 bits per heavy atom. The number of Topliss-reactive ketones (excluding diaryl/α,β-unsaturated/α-hetero) is 2. The second kappa shape index (κ2) is 36.8. The summed E-state index contributed by atoms with van der Waals surface area (Å²) in [7, 11) is 6.24. The van der Waals surface area contributed by atoms with Crippen molar-refractivity contribution in [3.63, 3.8) is 0 Å². The van der Waals surface area contributed by atoms with Crippen LogP contribution < -0.4 is 55.8 Å². The standard InChI is InChI=1S/C65H79F3N6O13.C22H29FO5.C20H24FN3O4/c1-31-26-42-41-17-12-37-27-40(75)18-19-62(37,7)64(41,68)43(76)28-63(42,8)65(31,82)44(77)30-85-61(86-59(80)47-35(5)73(38-13-14-38)51-45(55(47)78)33(3)49(66)53(57(51)83-10)71-22-20-69-21-23-71)87-60(81)48-36(6)74(39-15-16-39)52-46(56(48)79)34(4)50(67)54(58(52)84-11)72-25-24-70(9)32(2)29-72;1-12-8-16-15-5-4-13-9-14(25)6-7-19(13,2)21(15,23)17(26)10-20(16,3)22(12,28)18(27)11-24;1-10-13-16(19(28-3)17(15(10)21)23-8-6-22-7-9-23)24(12-4-5-12)11(2)14(18(13)25)20(26)27/h18-19,27,31-32,38-39,41-43,61,69,76,82H,12-17,20-26,28-30H2,1-11H3;6-7,9,12,15-17,24,26,28H,4-5,8,10-11H2,1-3H3;12,22H,4-9H2,1-3H3,(H,26,27)/t31-,32?,41+,42+,43+,61?,62+,63+,64+,65+;12-,15+,16+,17+,19+,20+,21+,22+;/m11./s1. The highest BCUT2D eigenvalue weighted by Crippen LogP contribution is 2.73. The predicted molar refractivity (Wildman–Crippen MR) is 522 cm³/mol. The van der Waals surface area contributed by atoms with E-state index in [2.05, 4.69) is 15.5 Å². The molecule has 3 aliphatic heterocycles. The number of fused-ring (bicyclic) bond motifs is 13. The van der Waals surface area contributed by atoms with Crippen molar-refractivity contribution in [2.45, 2.75) is 245 Å². The number of hydrogen-bond donors (Lipinski definition) is 8. The molecular weight excluding hydrogens is 1860 g/mol. The van der Waals surface area contributed by atoms with Crippen molar-refractivity contribution < 1.29 is 115 Å². The molecule has 36 heteroatoms. The van der Waals surface area contributed by atoms with Gasteiger partial charge in [-0.25, -0.2) is 36.3 Å². The van der Waals surface area contributed by atoms with Gasteiger partial charge in [-0.1, -0.05) is 51.0 Å². The van der Waals surface area contributed by atoms with Gasteiger partial charge in [-0.05, 0) is 207 Å². The van der Waals surface area contributed by atoms with Crippen LogP contribution in [0.3, 0.4) is 0 Å². The molecule has 20 rings (SSSR count). The van der Waals surface area contributed by atoms with E-state index in [-0.39, 0.29) is 151 Å². The van der Waals surface area contributed by atoms with E-state index >= 15 is 45.9 Å².